The SMILES string of the molecule is COC(=O)c1cc(CC2CCN(c3ccccc3C#N)CC2)c(OC)cc1C. The predicted octanol–water partition coefficient (Wildman–Crippen LogP) is 4.12. The van der Waals surface area contributed by atoms with Gasteiger partial charge in [0.25, 0.3) is 0 Å². The van der Waals surface area contributed by atoms with Crippen LogP contribution in [-0.2, 0) is 11.2 Å². The molecular formula is C23H26N2O3. The number of benzene rings is 2. The highest BCUT2D eigenvalue weighted by atomic mass is 16.5. The lowest BCUT2D eigenvalue weighted by Crippen LogP contribution is -2.34. The largest absolute Gasteiger partial charge is 0.496 e. The maximum atomic E-state index is 12.0. The first-order valence-electron chi connectivity index (χ1n) is 9.57. The van der Waals surface area contributed by atoms with Crippen LogP contribution in [0.15, 0.2) is 36.4 Å². The molecule has 1 heterocycles. The fourth-order valence-corrected chi connectivity index (χ4v) is 3.94. The summed E-state index contributed by atoms with van der Waals surface area (Å²) in [6.07, 6.45) is 2.93. The summed E-state index contributed by atoms with van der Waals surface area (Å²) in [6.45, 7) is 3.73. The minimum atomic E-state index is -0.315. The molecule has 0 atom stereocenters. The number of ether oxygens (including phenoxy) is 2. The minimum absolute atomic E-state index is 0.315. The zero-order valence-corrected chi connectivity index (χ0v) is 16.7. The van der Waals surface area contributed by atoms with Gasteiger partial charge < -0.3 is 14.4 Å². The predicted molar refractivity (Wildman–Crippen MR) is 109 cm³/mol. The highest BCUT2D eigenvalue weighted by Gasteiger charge is 2.23. The molecule has 1 fully saturated rings. The van der Waals surface area contributed by atoms with Crippen molar-refractivity contribution in [3.05, 3.63) is 58.7 Å². The summed E-state index contributed by atoms with van der Waals surface area (Å²) in [5.74, 6) is 1.01. The summed E-state index contributed by atoms with van der Waals surface area (Å²) in [4.78, 5) is 14.3. The number of nitriles is 1. The van der Waals surface area contributed by atoms with Crippen LogP contribution in [0.25, 0.3) is 0 Å². The second-order valence-corrected chi connectivity index (χ2v) is 7.23. The zero-order chi connectivity index (χ0) is 20.1. The smallest absolute Gasteiger partial charge is 0.338 e. The Morgan fingerprint density at radius 3 is 2.57 bits per heavy atom. The Hall–Kier alpha value is -3.00. The molecule has 0 amide bonds. The lowest BCUT2D eigenvalue weighted by Gasteiger charge is -2.34. The molecule has 0 saturated carbocycles. The molecule has 0 aliphatic carbocycles. The van der Waals surface area contributed by atoms with Gasteiger partial charge in [-0.25, -0.2) is 4.79 Å². The van der Waals surface area contributed by atoms with Gasteiger partial charge in [0, 0.05) is 13.1 Å². The van der Waals surface area contributed by atoms with E-state index in [4.69, 9.17) is 9.47 Å². The molecule has 0 radical (unpaired) electrons. The normalized spacial score (nSPS) is 14.4. The van der Waals surface area contributed by atoms with E-state index >= 15 is 0 Å². The van der Waals surface area contributed by atoms with E-state index in [2.05, 4.69) is 11.0 Å². The van der Waals surface area contributed by atoms with E-state index in [1.165, 1.54) is 7.11 Å². The molecule has 5 nitrogen and oxygen atoms in total. The number of carbonyl (C=O) groups is 1. The van der Waals surface area contributed by atoms with Gasteiger partial charge in [0.05, 0.1) is 31.0 Å². The van der Waals surface area contributed by atoms with Crippen LogP contribution in [0.3, 0.4) is 0 Å². The number of methoxy groups -OCH3 is 2. The number of para-hydroxylation sites is 1. The summed E-state index contributed by atoms with van der Waals surface area (Å²) >= 11 is 0. The number of carbonyl (C=O) groups excluding carboxylic acids is 1. The van der Waals surface area contributed by atoms with E-state index in [1.807, 2.05) is 43.3 Å². The summed E-state index contributed by atoms with van der Waals surface area (Å²) < 4.78 is 10.5. The average Bonchev–Trinajstić information content (AvgIpc) is 2.74. The van der Waals surface area contributed by atoms with Gasteiger partial charge in [0.15, 0.2) is 0 Å². The Morgan fingerprint density at radius 2 is 1.93 bits per heavy atom. The van der Waals surface area contributed by atoms with Crippen molar-refractivity contribution in [2.45, 2.75) is 26.2 Å². The van der Waals surface area contributed by atoms with Gasteiger partial charge in [-0.05, 0) is 67.5 Å². The zero-order valence-electron chi connectivity index (χ0n) is 16.7. The number of rotatable bonds is 5. The molecule has 28 heavy (non-hydrogen) atoms. The van der Waals surface area contributed by atoms with Crippen LogP contribution in [0.2, 0.25) is 0 Å². The van der Waals surface area contributed by atoms with Crippen molar-refractivity contribution < 1.29 is 14.3 Å². The molecule has 2 aromatic rings. The molecule has 1 aliphatic heterocycles. The number of piperidine rings is 1. The van der Waals surface area contributed by atoms with Gasteiger partial charge in [-0.3, -0.25) is 0 Å². The highest BCUT2D eigenvalue weighted by molar-refractivity contribution is 5.91. The second kappa shape index (κ2) is 8.79. The molecule has 0 N–H and O–H groups in total. The third-order valence-electron chi connectivity index (χ3n) is 5.52. The number of esters is 1. The van der Waals surface area contributed by atoms with Crippen molar-refractivity contribution in [2.75, 3.05) is 32.2 Å². The molecule has 1 saturated heterocycles. The number of hydrogen-bond acceptors (Lipinski definition) is 5. The van der Waals surface area contributed by atoms with E-state index in [-0.39, 0.29) is 5.97 Å². The number of hydrogen-bond donors (Lipinski definition) is 0. The van der Waals surface area contributed by atoms with Gasteiger partial charge in [0.1, 0.15) is 11.8 Å². The number of nitrogens with zero attached hydrogens (tertiary/aromatic N) is 2. The van der Waals surface area contributed by atoms with E-state index in [9.17, 15) is 10.1 Å². The third kappa shape index (κ3) is 4.12. The first kappa shape index (κ1) is 19.8. The monoisotopic (exact) mass is 378 g/mol. The van der Waals surface area contributed by atoms with Gasteiger partial charge >= 0.3 is 5.97 Å². The van der Waals surface area contributed by atoms with Crippen LogP contribution in [-0.4, -0.2) is 33.3 Å². The Labute approximate surface area is 166 Å². The minimum Gasteiger partial charge on any atom is -0.496 e. The Balaban J connectivity index is 1.72. The molecule has 5 heteroatoms. The van der Waals surface area contributed by atoms with Crippen molar-refractivity contribution in [1.29, 1.82) is 5.26 Å². The van der Waals surface area contributed by atoms with E-state index in [0.29, 0.717) is 11.5 Å². The van der Waals surface area contributed by atoms with Gasteiger partial charge in [-0.1, -0.05) is 12.1 Å². The van der Waals surface area contributed by atoms with Gasteiger partial charge in [-0.15, -0.1) is 0 Å². The maximum absolute atomic E-state index is 12.0. The van der Waals surface area contributed by atoms with Gasteiger partial charge in [-0.2, -0.15) is 5.26 Å². The standard InChI is InChI=1S/C23H26N2O3/c1-16-12-22(27-2)19(14-20(16)23(26)28-3)13-17-8-10-25(11-9-17)21-7-5-4-6-18(21)15-24/h4-7,12,14,17H,8-11,13H2,1-3H3. The van der Waals surface area contributed by atoms with Crippen LogP contribution in [0.5, 0.6) is 5.75 Å². The molecule has 0 spiro atoms. The highest BCUT2D eigenvalue weighted by Crippen LogP contribution is 2.31. The maximum Gasteiger partial charge on any atom is 0.338 e. The summed E-state index contributed by atoms with van der Waals surface area (Å²) in [5.41, 5.74) is 4.24. The molecular weight excluding hydrogens is 352 g/mol. The molecule has 146 valence electrons. The third-order valence-corrected chi connectivity index (χ3v) is 5.52. The first-order chi connectivity index (χ1) is 13.6. The molecule has 0 aromatic heterocycles. The molecule has 0 bridgehead atoms. The molecule has 2 aromatic carbocycles. The molecule has 1 aliphatic rings. The van der Waals surface area contributed by atoms with E-state index in [1.54, 1.807) is 7.11 Å². The molecule has 3 rings (SSSR count). The summed E-state index contributed by atoms with van der Waals surface area (Å²) in [6, 6.07) is 13.9. The topological polar surface area (TPSA) is 62.6 Å². The fraction of sp³-hybridized carbons (Fsp3) is 0.391. The quantitative estimate of drug-likeness (QED) is 0.733. The lowest BCUT2D eigenvalue weighted by atomic mass is 9.88. The first-order valence-corrected chi connectivity index (χ1v) is 9.57. The van der Waals surface area contributed by atoms with E-state index < -0.39 is 0 Å². The second-order valence-electron chi connectivity index (χ2n) is 7.23. The summed E-state index contributed by atoms with van der Waals surface area (Å²) in [5, 5.41) is 9.34. The van der Waals surface area contributed by atoms with Crippen LogP contribution < -0.4 is 9.64 Å². The van der Waals surface area contributed by atoms with Crippen molar-refractivity contribution in [2.24, 2.45) is 5.92 Å². The van der Waals surface area contributed by atoms with Crippen LogP contribution in [0, 0.1) is 24.2 Å². The number of anilines is 1. The van der Waals surface area contributed by atoms with Crippen LogP contribution in [0.4, 0.5) is 5.69 Å². The Bertz CT molecular complexity index is 893. The van der Waals surface area contributed by atoms with Crippen LogP contribution >= 0.6 is 0 Å². The van der Waals surface area contributed by atoms with Crippen molar-refractivity contribution in [1.82, 2.24) is 0 Å². The molecule has 0 unspecified atom stereocenters. The van der Waals surface area contributed by atoms with Crippen molar-refractivity contribution in [3.63, 3.8) is 0 Å². The Morgan fingerprint density at radius 1 is 1.21 bits per heavy atom. The number of aryl methyl sites for hydroxylation is 1. The van der Waals surface area contributed by atoms with Crippen molar-refractivity contribution >= 4 is 11.7 Å². The fourth-order valence-electron chi connectivity index (χ4n) is 3.94. The van der Waals surface area contributed by atoms with Gasteiger partial charge in [0.2, 0.25) is 0 Å². The van der Waals surface area contributed by atoms with E-state index in [0.717, 1.165) is 60.5 Å². The van der Waals surface area contributed by atoms with Crippen molar-refractivity contribution in [3.8, 4) is 11.8 Å². The average molecular weight is 378 g/mol. The Kier molecular flexibility index (Phi) is 6.20. The summed E-state index contributed by atoms with van der Waals surface area (Å²) in [7, 11) is 3.07. The van der Waals surface area contributed by atoms with Crippen LogP contribution in [0.1, 0.15) is 39.9 Å². The lowest BCUT2D eigenvalue weighted by molar-refractivity contribution is 0.0599.